The zero-order valence-corrected chi connectivity index (χ0v) is 12.3. The maximum Gasteiger partial charge on any atom is 0.119 e. The summed E-state index contributed by atoms with van der Waals surface area (Å²) in [5.74, 6) is 0.674. The minimum atomic E-state index is -0.207. The fraction of sp³-hybridized carbons (Fsp3) is 0.647. The molecule has 2 heteroatoms. The Bertz CT molecular complexity index is 431. The number of hydrogen-bond donors (Lipinski definition) is 2. The van der Waals surface area contributed by atoms with E-state index in [9.17, 15) is 10.2 Å². The van der Waals surface area contributed by atoms with Crippen LogP contribution in [0.15, 0.2) is 18.2 Å². The molecule has 1 aromatic carbocycles. The van der Waals surface area contributed by atoms with Gasteiger partial charge in [0.2, 0.25) is 0 Å². The number of aliphatic hydroxyl groups excluding tert-OH is 1. The fourth-order valence-corrected chi connectivity index (χ4v) is 3.18. The predicted molar refractivity (Wildman–Crippen MR) is 78.5 cm³/mol. The van der Waals surface area contributed by atoms with E-state index in [1.165, 1.54) is 12.0 Å². The standard InChI is InChI=1S/C17H26O2/c1-17(2,3)14-8-6-10-16(19)13(14)11-12-7-4-5-9-15(12)18/h6,8,10,12,15,18-19H,4-5,7,9,11H2,1-3H3/t12-,15+/m0/s1. The van der Waals surface area contributed by atoms with E-state index in [-0.39, 0.29) is 11.5 Å². The van der Waals surface area contributed by atoms with E-state index < -0.39 is 0 Å². The third-order valence-corrected chi connectivity index (χ3v) is 4.29. The molecule has 0 radical (unpaired) electrons. The Balaban J connectivity index is 2.28. The molecule has 1 aromatic rings. The number of phenols is 1. The van der Waals surface area contributed by atoms with Crippen LogP contribution in [0, 0.1) is 5.92 Å². The molecule has 1 aliphatic carbocycles. The number of phenolic OH excluding ortho intramolecular Hbond substituents is 1. The molecule has 1 saturated carbocycles. The van der Waals surface area contributed by atoms with E-state index in [1.807, 2.05) is 6.07 Å². The summed E-state index contributed by atoms with van der Waals surface area (Å²) >= 11 is 0. The lowest BCUT2D eigenvalue weighted by Gasteiger charge is -2.30. The first-order valence-corrected chi connectivity index (χ1v) is 7.39. The fourth-order valence-electron chi connectivity index (χ4n) is 3.18. The van der Waals surface area contributed by atoms with E-state index in [4.69, 9.17) is 0 Å². The van der Waals surface area contributed by atoms with Gasteiger partial charge in [0, 0.05) is 0 Å². The molecular formula is C17H26O2. The summed E-state index contributed by atoms with van der Waals surface area (Å²) in [6, 6.07) is 5.78. The van der Waals surface area contributed by atoms with Crippen molar-refractivity contribution >= 4 is 0 Å². The highest BCUT2D eigenvalue weighted by Crippen LogP contribution is 2.36. The van der Waals surface area contributed by atoms with Crippen molar-refractivity contribution in [3.63, 3.8) is 0 Å². The third-order valence-electron chi connectivity index (χ3n) is 4.29. The number of aromatic hydroxyl groups is 1. The lowest BCUT2D eigenvalue weighted by molar-refractivity contribution is 0.0695. The number of hydrogen-bond acceptors (Lipinski definition) is 2. The Morgan fingerprint density at radius 3 is 2.47 bits per heavy atom. The van der Waals surface area contributed by atoms with E-state index in [1.54, 1.807) is 6.07 Å². The van der Waals surface area contributed by atoms with Gasteiger partial charge in [-0.3, -0.25) is 0 Å². The van der Waals surface area contributed by atoms with Crippen molar-refractivity contribution in [3.05, 3.63) is 29.3 Å². The van der Waals surface area contributed by atoms with Crippen LogP contribution in [0.5, 0.6) is 5.75 Å². The van der Waals surface area contributed by atoms with Gasteiger partial charge in [-0.2, -0.15) is 0 Å². The molecular weight excluding hydrogens is 236 g/mol. The molecule has 0 aliphatic heterocycles. The second kappa shape index (κ2) is 5.54. The van der Waals surface area contributed by atoms with E-state index >= 15 is 0 Å². The van der Waals surface area contributed by atoms with Crippen molar-refractivity contribution in [3.8, 4) is 5.75 Å². The molecule has 106 valence electrons. The van der Waals surface area contributed by atoms with Crippen LogP contribution in [-0.2, 0) is 11.8 Å². The molecule has 0 unspecified atom stereocenters. The Morgan fingerprint density at radius 2 is 1.84 bits per heavy atom. The molecule has 0 amide bonds. The summed E-state index contributed by atoms with van der Waals surface area (Å²) in [5, 5.41) is 20.3. The van der Waals surface area contributed by atoms with Gasteiger partial charge in [0.15, 0.2) is 0 Å². The largest absolute Gasteiger partial charge is 0.508 e. The van der Waals surface area contributed by atoms with Gasteiger partial charge in [0.05, 0.1) is 6.10 Å². The number of aliphatic hydroxyl groups is 1. The summed E-state index contributed by atoms with van der Waals surface area (Å²) in [5.41, 5.74) is 2.25. The highest BCUT2D eigenvalue weighted by atomic mass is 16.3. The maximum absolute atomic E-state index is 10.2. The van der Waals surface area contributed by atoms with Crippen molar-refractivity contribution in [2.24, 2.45) is 5.92 Å². The summed E-state index contributed by atoms with van der Waals surface area (Å²) in [6.07, 6.45) is 4.88. The molecule has 0 spiro atoms. The van der Waals surface area contributed by atoms with E-state index in [0.29, 0.717) is 11.7 Å². The van der Waals surface area contributed by atoms with Crippen LogP contribution in [0.2, 0.25) is 0 Å². The monoisotopic (exact) mass is 262 g/mol. The molecule has 0 aromatic heterocycles. The van der Waals surface area contributed by atoms with Gasteiger partial charge in [-0.15, -0.1) is 0 Å². The van der Waals surface area contributed by atoms with Gasteiger partial charge in [-0.05, 0) is 47.8 Å². The summed E-state index contributed by atoms with van der Waals surface area (Å²) in [7, 11) is 0. The molecule has 2 rings (SSSR count). The average molecular weight is 262 g/mol. The first-order valence-electron chi connectivity index (χ1n) is 7.39. The van der Waals surface area contributed by atoms with Crippen molar-refractivity contribution in [1.29, 1.82) is 0 Å². The predicted octanol–water partition coefficient (Wildman–Crippen LogP) is 3.78. The molecule has 2 atom stereocenters. The van der Waals surface area contributed by atoms with Crippen LogP contribution >= 0.6 is 0 Å². The van der Waals surface area contributed by atoms with E-state index in [0.717, 1.165) is 31.2 Å². The SMILES string of the molecule is CC(C)(C)c1cccc(O)c1C[C@@H]1CCCC[C@H]1O. The van der Waals surface area contributed by atoms with Gasteiger partial charge in [-0.25, -0.2) is 0 Å². The second-order valence-corrected chi connectivity index (χ2v) is 6.87. The van der Waals surface area contributed by atoms with Crippen molar-refractivity contribution in [2.75, 3.05) is 0 Å². The van der Waals surface area contributed by atoms with Gasteiger partial charge < -0.3 is 10.2 Å². The Hall–Kier alpha value is -1.02. The molecule has 2 N–H and O–H groups in total. The van der Waals surface area contributed by atoms with Crippen molar-refractivity contribution < 1.29 is 10.2 Å². The van der Waals surface area contributed by atoms with Crippen LogP contribution in [0.25, 0.3) is 0 Å². The minimum Gasteiger partial charge on any atom is -0.508 e. The van der Waals surface area contributed by atoms with Crippen LogP contribution in [0.3, 0.4) is 0 Å². The minimum absolute atomic E-state index is 0.0215. The first-order chi connectivity index (χ1) is 8.89. The summed E-state index contributed by atoms with van der Waals surface area (Å²) < 4.78 is 0. The normalized spacial score (nSPS) is 24.4. The van der Waals surface area contributed by atoms with Gasteiger partial charge in [0.25, 0.3) is 0 Å². The highest BCUT2D eigenvalue weighted by Gasteiger charge is 2.27. The topological polar surface area (TPSA) is 40.5 Å². The molecule has 1 aliphatic rings. The first kappa shape index (κ1) is 14.4. The zero-order valence-electron chi connectivity index (χ0n) is 12.3. The highest BCUT2D eigenvalue weighted by molar-refractivity contribution is 5.43. The average Bonchev–Trinajstić information content (AvgIpc) is 2.33. The quantitative estimate of drug-likeness (QED) is 0.851. The lowest BCUT2D eigenvalue weighted by Crippen LogP contribution is -2.27. The Labute approximate surface area is 116 Å². The molecule has 2 nitrogen and oxygen atoms in total. The summed E-state index contributed by atoms with van der Waals surface area (Å²) in [4.78, 5) is 0. The smallest absolute Gasteiger partial charge is 0.119 e. The second-order valence-electron chi connectivity index (χ2n) is 6.87. The molecule has 19 heavy (non-hydrogen) atoms. The van der Waals surface area contributed by atoms with Crippen LogP contribution in [-0.4, -0.2) is 16.3 Å². The third kappa shape index (κ3) is 3.30. The number of benzene rings is 1. The molecule has 0 heterocycles. The van der Waals surface area contributed by atoms with Crippen molar-refractivity contribution in [1.82, 2.24) is 0 Å². The van der Waals surface area contributed by atoms with Crippen LogP contribution in [0.4, 0.5) is 0 Å². The Kier molecular flexibility index (Phi) is 4.19. The maximum atomic E-state index is 10.2. The zero-order chi connectivity index (χ0) is 14.0. The summed E-state index contributed by atoms with van der Waals surface area (Å²) in [6.45, 7) is 6.51. The lowest BCUT2D eigenvalue weighted by atomic mass is 9.77. The molecule has 0 bridgehead atoms. The van der Waals surface area contributed by atoms with Crippen LogP contribution < -0.4 is 0 Å². The van der Waals surface area contributed by atoms with Gasteiger partial charge in [0.1, 0.15) is 5.75 Å². The van der Waals surface area contributed by atoms with Crippen LogP contribution in [0.1, 0.15) is 57.6 Å². The van der Waals surface area contributed by atoms with Gasteiger partial charge in [-0.1, -0.05) is 45.7 Å². The Morgan fingerprint density at radius 1 is 1.16 bits per heavy atom. The van der Waals surface area contributed by atoms with Crippen molar-refractivity contribution in [2.45, 2.75) is 64.4 Å². The number of rotatable bonds is 2. The van der Waals surface area contributed by atoms with E-state index in [2.05, 4.69) is 26.8 Å². The molecule has 0 saturated heterocycles. The van der Waals surface area contributed by atoms with Gasteiger partial charge >= 0.3 is 0 Å². The molecule has 1 fully saturated rings.